The van der Waals surface area contributed by atoms with E-state index in [9.17, 15) is 9.59 Å². The summed E-state index contributed by atoms with van der Waals surface area (Å²) in [5, 5.41) is 1.23. The number of nitrogens with zero attached hydrogens (tertiary/aromatic N) is 1. The summed E-state index contributed by atoms with van der Waals surface area (Å²) in [6.45, 7) is 1.95. The van der Waals surface area contributed by atoms with Gasteiger partial charge < -0.3 is 14.2 Å². The highest BCUT2D eigenvalue weighted by molar-refractivity contribution is 6.31. The number of methoxy groups -OCH3 is 3. The van der Waals surface area contributed by atoms with E-state index in [1.807, 2.05) is 19.1 Å². The monoisotopic (exact) mass is 368 g/mol. The van der Waals surface area contributed by atoms with E-state index in [0.29, 0.717) is 28.5 Å². The zero-order chi connectivity index (χ0) is 19.6. The van der Waals surface area contributed by atoms with E-state index in [1.54, 1.807) is 24.3 Å². The largest absolute Gasteiger partial charge is 0.493 e. The Labute approximate surface area is 157 Å². The fourth-order valence-electron chi connectivity index (χ4n) is 2.78. The van der Waals surface area contributed by atoms with Crippen molar-refractivity contribution in [2.75, 3.05) is 26.3 Å². The van der Waals surface area contributed by atoms with Crippen LogP contribution in [0.4, 0.5) is 5.69 Å². The fourth-order valence-corrected chi connectivity index (χ4v) is 2.78. The molecule has 3 rings (SSSR count). The van der Waals surface area contributed by atoms with Crippen LogP contribution in [-0.4, -0.2) is 33.1 Å². The summed E-state index contributed by atoms with van der Waals surface area (Å²) in [4.78, 5) is 25.1. The van der Waals surface area contributed by atoms with Gasteiger partial charge >= 0.3 is 0 Å². The van der Waals surface area contributed by atoms with Crippen molar-refractivity contribution in [2.45, 2.75) is 6.92 Å². The van der Waals surface area contributed by atoms with Crippen molar-refractivity contribution in [1.82, 2.24) is 5.43 Å². The fraction of sp³-hybridized carbons (Fsp3) is 0.200. The number of hydrogen-bond donors (Lipinski definition) is 1. The Hall–Kier alpha value is -3.48. The third kappa shape index (κ3) is 3.44. The van der Waals surface area contributed by atoms with Gasteiger partial charge in [0.15, 0.2) is 11.5 Å². The number of aryl methyl sites for hydroxylation is 1. The minimum atomic E-state index is -0.477. The zero-order valence-corrected chi connectivity index (χ0v) is 15.5. The topological polar surface area (TPSA) is 77.1 Å². The first-order valence-corrected chi connectivity index (χ1v) is 8.22. The summed E-state index contributed by atoms with van der Waals surface area (Å²) in [7, 11) is 4.51. The van der Waals surface area contributed by atoms with Crippen LogP contribution in [0.2, 0.25) is 0 Å². The van der Waals surface area contributed by atoms with E-state index in [2.05, 4.69) is 5.43 Å². The molecular weight excluding hydrogens is 348 g/mol. The van der Waals surface area contributed by atoms with Crippen LogP contribution < -0.4 is 24.6 Å². The summed E-state index contributed by atoms with van der Waals surface area (Å²) in [5.74, 6) is 0.396. The molecule has 2 aromatic rings. The van der Waals surface area contributed by atoms with Crippen LogP contribution in [0.25, 0.3) is 6.08 Å². The van der Waals surface area contributed by atoms with Gasteiger partial charge in [-0.1, -0.05) is 17.7 Å². The standard InChI is InChI=1S/C20H20N2O5/c1-12-5-7-14(8-6-12)22-20(24)15(19(23)21-22)9-13-10-16(25-2)18(27-4)17(11-13)26-3/h5-11H,1-4H3,(H,21,23). The first-order valence-electron chi connectivity index (χ1n) is 8.22. The first kappa shape index (κ1) is 18.3. The molecule has 1 fully saturated rings. The molecule has 0 unspecified atom stereocenters. The van der Waals surface area contributed by atoms with E-state index < -0.39 is 11.8 Å². The van der Waals surface area contributed by atoms with Crippen molar-refractivity contribution in [2.24, 2.45) is 0 Å². The molecule has 0 aromatic heterocycles. The lowest BCUT2D eigenvalue weighted by Crippen LogP contribution is -2.35. The number of ether oxygens (including phenoxy) is 3. The number of hydrogen-bond acceptors (Lipinski definition) is 5. The highest BCUT2D eigenvalue weighted by Gasteiger charge is 2.34. The molecule has 7 heteroatoms. The third-order valence-corrected chi connectivity index (χ3v) is 4.18. The number of benzene rings is 2. The second kappa shape index (κ2) is 7.41. The molecule has 1 aliphatic heterocycles. The SMILES string of the molecule is COc1cc(C=C2C(=O)NN(c3ccc(C)cc3)C2=O)cc(OC)c1OC. The zero-order valence-electron chi connectivity index (χ0n) is 15.5. The number of hydrazine groups is 1. The number of carbonyl (C=O) groups is 2. The van der Waals surface area contributed by atoms with Crippen molar-refractivity contribution in [3.05, 3.63) is 53.1 Å². The predicted octanol–water partition coefficient (Wildman–Crippen LogP) is 2.48. The van der Waals surface area contributed by atoms with Crippen LogP contribution in [-0.2, 0) is 9.59 Å². The van der Waals surface area contributed by atoms with Crippen molar-refractivity contribution < 1.29 is 23.8 Å². The molecule has 2 amide bonds. The summed E-state index contributed by atoms with van der Waals surface area (Å²) in [6, 6.07) is 10.6. The molecule has 140 valence electrons. The highest BCUT2D eigenvalue weighted by Crippen LogP contribution is 2.39. The Morgan fingerprint density at radius 1 is 0.926 bits per heavy atom. The summed E-state index contributed by atoms with van der Waals surface area (Å²) < 4.78 is 15.9. The molecule has 2 aromatic carbocycles. The number of nitrogens with one attached hydrogen (secondary N) is 1. The summed E-state index contributed by atoms with van der Waals surface area (Å²) in [5.41, 5.74) is 4.82. The lowest BCUT2D eigenvalue weighted by Gasteiger charge is -2.14. The molecule has 1 aliphatic rings. The van der Waals surface area contributed by atoms with E-state index in [4.69, 9.17) is 14.2 Å². The Morgan fingerprint density at radius 2 is 1.52 bits per heavy atom. The first-order chi connectivity index (χ1) is 13.0. The predicted molar refractivity (Wildman–Crippen MR) is 101 cm³/mol. The van der Waals surface area contributed by atoms with Gasteiger partial charge in [-0.05, 0) is 42.8 Å². The average molecular weight is 368 g/mol. The van der Waals surface area contributed by atoms with Crippen molar-refractivity contribution in [1.29, 1.82) is 0 Å². The molecular formula is C20H20N2O5. The van der Waals surface area contributed by atoms with Gasteiger partial charge in [0.25, 0.3) is 11.8 Å². The molecule has 7 nitrogen and oxygen atoms in total. The van der Waals surface area contributed by atoms with Crippen LogP contribution in [0.5, 0.6) is 17.2 Å². The van der Waals surface area contributed by atoms with Crippen molar-refractivity contribution in [3.63, 3.8) is 0 Å². The van der Waals surface area contributed by atoms with Crippen LogP contribution in [0.3, 0.4) is 0 Å². The van der Waals surface area contributed by atoms with Crippen LogP contribution >= 0.6 is 0 Å². The maximum atomic E-state index is 12.7. The van der Waals surface area contributed by atoms with Crippen LogP contribution in [0.1, 0.15) is 11.1 Å². The maximum absolute atomic E-state index is 12.7. The van der Waals surface area contributed by atoms with Crippen molar-refractivity contribution >= 4 is 23.6 Å². The number of anilines is 1. The molecule has 27 heavy (non-hydrogen) atoms. The van der Waals surface area contributed by atoms with E-state index in [1.165, 1.54) is 32.4 Å². The second-order valence-corrected chi connectivity index (χ2v) is 5.93. The van der Waals surface area contributed by atoms with Crippen LogP contribution in [0.15, 0.2) is 42.0 Å². The minimum absolute atomic E-state index is 0.0184. The van der Waals surface area contributed by atoms with Gasteiger partial charge in [0, 0.05) is 0 Å². The maximum Gasteiger partial charge on any atom is 0.282 e. The van der Waals surface area contributed by atoms with Gasteiger partial charge in [-0.25, -0.2) is 5.01 Å². The minimum Gasteiger partial charge on any atom is -0.493 e. The third-order valence-electron chi connectivity index (χ3n) is 4.18. The molecule has 0 spiro atoms. The highest BCUT2D eigenvalue weighted by atomic mass is 16.5. The van der Waals surface area contributed by atoms with E-state index in [0.717, 1.165) is 5.56 Å². The van der Waals surface area contributed by atoms with E-state index >= 15 is 0 Å². The molecule has 1 N–H and O–H groups in total. The van der Waals surface area contributed by atoms with Crippen molar-refractivity contribution in [3.8, 4) is 17.2 Å². The Kier molecular flexibility index (Phi) is 5.03. The molecule has 0 saturated carbocycles. The quantitative estimate of drug-likeness (QED) is 0.648. The number of amides is 2. The lowest BCUT2D eigenvalue weighted by atomic mass is 10.1. The normalized spacial score (nSPS) is 15.1. The lowest BCUT2D eigenvalue weighted by molar-refractivity contribution is -0.117. The van der Waals surface area contributed by atoms with Gasteiger partial charge in [-0.2, -0.15) is 0 Å². The van der Waals surface area contributed by atoms with Gasteiger partial charge in [0.05, 0.1) is 27.0 Å². The van der Waals surface area contributed by atoms with Gasteiger partial charge in [-0.15, -0.1) is 0 Å². The Balaban J connectivity index is 1.98. The molecule has 0 radical (unpaired) electrons. The van der Waals surface area contributed by atoms with Gasteiger partial charge in [0.1, 0.15) is 5.57 Å². The average Bonchev–Trinajstić information content (AvgIpc) is 2.96. The molecule has 1 heterocycles. The summed E-state index contributed by atoms with van der Waals surface area (Å²) >= 11 is 0. The van der Waals surface area contributed by atoms with E-state index in [-0.39, 0.29) is 5.57 Å². The molecule has 1 saturated heterocycles. The number of carbonyl (C=O) groups excluding carboxylic acids is 2. The van der Waals surface area contributed by atoms with Gasteiger partial charge in [0.2, 0.25) is 5.75 Å². The Morgan fingerprint density at radius 3 is 2.04 bits per heavy atom. The molecule has 0 atom stereocenters. The smallest absolute Gasteiger partial charge is 0.282 e. The second-order valence-electron chi connectivity index (χ2n) is 5.93. The summed E-state index contributed by atoms with van der Waals surface area (Å²) in [6.07, 6.45) is 1.50. The molecule has 0 aliphatic carbocycles. The van der Waals surface area contributed by atoms with Gasteiger partial charge in [-0.3, -0.25) is 15.0 Å². The number of rotatable bonds is 5. The Bertz CT molecular complexity index is 893. The molecule has 0 bridgehead atoms. The van der Waals surface area contributed by atoms with Crippen LogP contribution in [0, 0.1) is 6.92 Å².